The second-order valence-electron chi connectivity index (χ2n) is 8.29. The maximum absolute atomic E-state index is 5.58. The van der Waals surface area contributed by atoms with Crippen LogP contribution in [-0.4, -0.2) is 50.8 Å². The summed E-state index contributed by atoms with van der Waals surface area (Å²) in [5.74, 6) is 1.67. The lowest BCUT2D eigenvalue weighted by Gasteiger charge is -2.44. The molecule has 21 heavy (non-hydrogen) atoms. The summed E-state index contributed by atoms with van der Waals surface area (Å²) in [5.41, 5.74) is 0.452. The Morgan fingerprint density at radius 1 is 1.19 bits per heavy atom. The predicted molar refractivity (Wildman–Crippen MR) is 89.6 cm³/mol. The van der Waals surface area contributed by atoms with Crippen molar-refractivity contribution in [2.24, 2.45) is 17.3 Å². The molecule has 4 atom stereocenters. The maximum atomic E-state index is 5.58. The first-order valence-corrected chi connectivity index (χ1v) is 8.86. The van der Waals surface area contributed by atoms with Gasteiger partial charge in [-0.05, 0) is 62.9 Å². The van der Waals surface area contributed by atoms with Crippen LogP contribution in [0.25, 0.3) is 0 Å². The van der Waals surface area contributed by atoms with Crippen molar-refractivity contribution in [2.75, 3.05) is 33.8 Å². The van der Waals surface area contributed by atoms with E-state index in [4.69, 9.17) is 4.74 Å². The van der Waals surface area contributed by atoms with Crippen LogP contribution in [0.2, 0.25) is 0 Å². The highest BCUT2D eigenvalue weighted by Gasteiger charge is 2.36. The Hall–Kier alpha value is -0.120. The standard InChI is InChI=1S/C18H36N2O/c1-18(2,3)15-8-9-17(19-4)14(11-15)12-20-10-6-7-16(13-20)21-5/h14-17,19H,6-13H2,1-5H3. The van der Waals surface area contributed by atoms with Gasteiger partial charge in [-0.2, -0.15) is 0 Å². The minimum atomic E-state index is 0.452. The third-order valence-corrected chi connectivity index (χ3v) is 5.87. The van der Waals surface area contributed by atoms with Gasteiger partial charge < -0.3 is 15.0 Å². The molecule has 3 nitrogen and oxygen atoms in total. The Morgan fingerprint density at radius 2 is 1.95 bits per heavy atom. The molecule has 2 aliphatic rings. The molecule has 0 aromatic heterocycles. The molecule has 0 spiro atoms. The molecule has 1 aliphatic heterocycles. The van der Waals surface area contributed by atoms with Gasteiger partial charge in [-0.15, -0.1) is 0 Å². The number of hydrogen-bond donors (Lipinski definition) is 1. The van der Waals surface area contributed by atoms with E-state index in [1.807, 2.05) is 7.11 Å². The fourth-order valence-electron chi connectivity index (χ4n) is 4.34. The summed E-state index contributed by atoms with van der Waals surface area (Å²) in [6, 6.07) is 0.700. The summed E-state index contributed by atoms with van der Waals surface area (Å²) in [4.78, 5) is 2.65. The zero-order chi connectivity index (χ0) is 15.5. The number of hydrogen-bond acceptors (Lipinski definition) is 3. The average molecular weight is 296 g/mol. The molecule has 1 saturated heterocycles. The van der Waals surface area contributed by atoms with Crippen molar-refractivity contribution in [3.63, 3.8) is 0 Å². The third-order valence-electron chi connectivity index (χ3n) is 5.87. The zero-order valence-corrected chi connectivity index (χ0v) is 14.8. The van der Waals surface area contributed by atoms with Gasteiger partial charge in [0.1, 0.15) is 0 Å². The number of methoxy groups -OCH3 is 1. The van der Waals surface area contributed by atoms with Gasteiger partial charge >= 0.3 is 0 Å². The van der Waals surface area contributed by atoms with Crippen LogP contribution < -0.4 is 5.32 Å². The summed E-state index contributed by atoms with van der Waals surface area (Å²) < 4.78 is 5.58. The van der Waals surface area contributed by atoms with Crippen LogP contribution in [0.1, 0.15) is 52.9 Å². The van der Waals surface area contributed by atoms with E-state index >= 15 is 0 Å². The van der Waals surface area contributed by atoms with E-state index < -0.39 is 0 Å². The Balaban J connectivity index is 1.94. The van der Waals surface area contributed by atoms with Crippen molar-refractivity contribution < 1.29 is 4.74 Å². The monoisotopic (exact) mass is 296 g/mol. The van der Waals surface area contributed by atoms with Crippen molar-refractivity contribution >= 4 is 0 Å². The Kier molecular flexibility index (Phi) is 6.10. The highest BCUT2D eigenvalue weighted by Crippen LogP contribution is 2.40. The predicted octanol–water partition coefficient (Wildman–Crippen LogP) is 3.15. The molecule has 1 N–H and O–H groups in total. The Morgan fingerprint density at radius 3 is 2.57 bits per heavy atom. The molecule has 2 rings (SSSR count). The zero-order valence-electron chi connectivity index (χ0n) is 14.8. The first kappa shape index (κ1) is 17.2. The molecule has 0 amide bonds. The molecule has 1 saturated carbocycles. The highest BCUT2D eigenvalue weighted by atomic mass is 16.5. The molecule has 124 valence electrons. The SMILES string of the molecule is CNC1CCC(C(C)(C)C)CC1CN1CCCC(OC)C1. The quantitative estimate of drug-likeness (QED) is 0.862. The lowest BCUT2D eigenvalue weighted by atomic mass is 9.67. The number of ether oxygens (including phenoxy) is 1. The van der Waals surface area contributed by atoms with Crippen LogP contribution >= 0.6 is 0 Å². The van der Waals surface area contributed by atoms with Crippen LogP contribution in [-0.2, 0) is 4.74 Å². The molecule has 0 aromatic rings. The number of piperidine rings is 1. The maximum Gasteiger partial charge on any atom is 0.0698 e. The van der Waals surface area contributed by atoms with Gasteiger partial charge in [0, 0.05) is 26.2 Å². The van der Waals surface area contributed by atoms with Crippen LogP contribution in [0, 0.1) is 17.3 Å². The summed E-state index contributed by atoms with van der Waals surface area (Å²) in [5, 5.41) is 3.58. The van der Waals surface area contributed by atoms with Gasteiger partial charge in [0.05, 0.1) is 6.10 Å². The lowest BCUT2D eigenvalue weighted by molar-refractivity contribution is 0.0141. The van der Waals surface area contributed by atoms with E-state index in [9.17, 15) is 0 Å². The summed E-state index contributed by atoms with van der Waals surface area (Å²) in [7, 11) is 4.00. The Labute approximate surface area is 131 Å². The Bertz CT molecular complexity index is 313. The van der Waals surface area contributed by atoms with E-state index in [0.717, 1.165) is 18.4 Å². The molecule has 0 radical (unpaired) electrons. The van der Waals surface area contributed by atoms with E-state index in [-0.39, 0.29) is 0 Å². The number of nitrogens with zero attached hydrogens (tertiary/aromatic N) is 1. The average Bonchev–Trinajstić information content (AvgIpc) is 2.46. The first-order chi connectivity index (χ1) is 9.94. The minimum absolute atomic E-state index is 0.452. The normalized spacial score (nSPS) is 35.9. The van der Waals surface area contributed by atoms with Crippen LogP contribution in [0.15, 0.2) is 0 Å². The number of nitrogens with one attached hydrogen (secondary N) is 1. The van der Waals surface area contributed by atoms with Gasteiger partial charge in [0.2, 0.25) is 0 Å². The molecule has 1 aliphatic carbocycles. The second-order valence-corrected chi connectivity index (χ2v) is 8.29. The highest BCUT2D eigenvalue weighted by molar-refractivity contribution is 4.90. The van der Waals surface area contributed by atoms with Gasteiger partial charge in [0.15, 0.2) is 0 Å². The molecule has 1 heterocycles. The van der Waals surface area contributed by atoms with Gasteiger partial charge in [-0.3, -0.25) is 0 Å². The molecular formula is C18H36N2O. The molecule has 0 bridgehead atoms. The van der Waals surface area contributed by atoms with Gasteiger partial charge in [-0.1, -0.05) is 20.8 Å². The topological polar surface area (TPSA) is 24.5 Å². The number of rotatable bonds is 4. The first-order valence-electron chi connectivity index (χ1n) is 8.86. The van der Waals surface area contributed by atoms with Crippen LogP contribution in [0.4, 0.5) is 0 Å². The van der Waals surface area contributed by atoms with Crippen molar-refractivity contribution in [1.29, 1.82) is 0 Å². The van der Waals surface area contributed by atoms with Gasteiger partial charge in [-0.25, -0.2) is 0 Å². The summed E-state index contributed by atoms with van der Waals surface area (Å²) >= 11 is 0. The fourth-order valence-corrected chi connectivity index (χ4v) is 4.34. The smallest absolute Gasteiger partial charge is 0.0698 e. The summed E-state index contributed by atoms with van der Waals surface area (Å²) in [6.45, 7) is 10.9. The van der Waals surface area contributed by atoms with Crippen molar-refractivity contribution in [1.82, 2.24) is 10.2 Å². The van der Waals surface area contributed by atoms with E-state index in [2.05, 4.69) is 38.0 Å². The van der Waals surface area contributed by atoms with E-state index in [1.54, 1.807) is 0 Å². The number of likely N-dealkylation sites (tertiary alicyclic amines) is 1. The largest absolute Gasteiger partial charge is 0.380 e. The fraction of sp³-hybridized carbons (Fsp3) is 1.00. The molecule has 2 fully saturated rings. The lowest BCUT2D eigenvalue weighted by Crippen LogP contribution is -2.49. The van der Waals surface area contributed by atoms with E-state index in [1.165, 1.54) is 45.2 Å². The van der Waals surface area contributed by atoms with E-state index in [0.29, 0.717) is 17.6 Å². The van der Waals surface area contributed by atoms with Crippen molar-refractivity contribution in [3.8, 4) is 0 Å². The third kappa shape index (κ3) is 4.67. The minimum Gasteiger partial charge on any atom is -0.380 e. The van der Waals surface area contributed by atoms with Crippen LogP contribution in [0.5, 0.6) is 0 Å². The second kappa shape index (κ2) is 7.43. The molecular weight excluding hydrogens is 260 g/mol. The van der Waals surface area contributed by atoms with Crippen molar-refractivity contribution in [3.05, 3.63) is 0 Å². The molecule has 0 aromatic carbocycles. The summed E-state index contributed by atoms with van der Waals surface area (Å²) in [6.07, 6.45) is 7.07. The molecule has 3 heteroatoms. The van der Waals surface area contributed by atoms with Gasteiger partial charge in [0.25, 0.3) is 0 Å². The molecule has 4 unspecified atom stereocenters. The van der Waals surface area contributed by atoms with Crippen molar-refractivity contribution in [2.45, 2.75) is 65.0 Å². The van der Waals surface area contributed by atoms with Crippen LogP contribution in [0.3, 0.4) is 0 Å².